The standard InChI is InChI=1S/C37H34N4O4/c42-35(43)34-33-22-21-28(39(33)37(45)41-31-15-7-3-11-26(31)19-20-27-12-4-8-16-32(27)41)23-38(34)36(44)40-29-13-5-1-9-24(29)17-18-25-10-2-6-14-30(25)40/h1-16,28,33-34H,17-23H2,(H,42,43)/t28-,33+,34-/m0/s1. The highest BCUT2D eigenvalue weighted by molar-refractivity contribution is 6.05. The molecule has 8 heteroatoms. The van der Waals surface area contributed by atoms with Crippen molar-refractivity contribution in [1.29, 1.82) is 0 Å². The molecule has 0 unspecified atom stereocenters. The van der Waals surface area contributed by atoms with E-state index in [4.69, 9.17) is 0 Å². The van der Waals surface area contributed by atoms with E-state index in [1.54, 1.807) is 14.7 Å². The van der Waals surface area contributed by atoms with Crippen LogP contribution >= 0.6 is 0 Å². The molecular weight excluding hydrogens is 564 g/mol. The first-order valence-corrected chi connectivity index (χ1v) is 15.8. The van der Waals surface area contributed by atoms with Gasteiger partial charge >= 0.3 is 18.0 Å². The Hall–Kier alpha value is -5.11. The zero-order valence-electron chi connectivity index (χ0n) is 24.9. The smallest absolute Gasteiger partial charge is 0.330 e. The number of hydrogen-bond acceptors (Lipinski definition) is 3. The molecule has 4 aliphatic rings. The van der Waals surface area contributed by atoms with Crippen LogP contribution in [0.25, 0.3) is 0 Å². The van der Waals surface area contributed by atoms with Crippen molar-refractivity contribution < 1.29 is 19.5 Å². The lowest BCUT2D eigenvalue weighted by atomic mass is 10.0. The van der Waals surface area contributed by atoms with Crippen molar-refractivity contribution in [3.05, 3.63) is 119 Å². The van der Waals surface area contributed by atoms with Gasteiger partial charge in [0.2, 0.25) is 0 Å². The summed E-state index contributed by atoms with van der Waals surface area (Å²) in [5, 5.41) is 10.7. The van der Waals surface area contributed by atoms with E-state index >= 15 is 0 Å². The largest absolute Gasteiger partial charge is 0.480 e. The van der Waals surface area contributed by atoms with E-state index in [1.807, 2.05) is 84.9 Å². The summed E-state index contributed by atoms with van der Waals surface area (Å²) < 4.78 is 0. The summed E-state index contributed by atoms with van der Waals surface area (Å²) in [4.78, 5) is 49.3. The Morgan fingerprint density at radius 1 is 0.556 bits per heavy atom. The van der Waals surface area contributed by atoms with Gasteiger partial charge in [-0.05, 0) is 85.0 Å². The van der Waals surface area contributed by atoms with Crippen LogP contribution in [0.1, 0.15) is 35.1 Å². The quantitative estimate of drug-likeness (QED) is 0.264. The van der Waals surface area contributed by atoms with Crippen LogP contribution in [-0.4, -0.2) is 57.6 Å². The summed E-state index contributed by atoms with van der Waals surface area (Å²) in [7, 11) is 0. The first-order valence-electron chi connectivity index (χ1n) is 15.8. The van der Waals surface area contributed by atoms with Crippen molar-refractivity contribution in [2.45, 2.75) is 56.7 Å². The average Bonchev–Trinajstić information content (AvgIpc) is 3.19. The molecule has 0 spiro atoms. The molecule has 2 bridgehead atoms. The van der Waals surface area contributed by atoms with Gasteiger partial charge in [-0.15, -0.1) is 0 Å². The molecule has 2 saturated heterocycles. The lowest BCUT2D eigenvalue weighted by Gasteiger charge is -2.47. The van der Waals surface area contributed by atoms with Crippen LogP contribution < -0.4 is 9.80 Å². The third kappa shape index (κ3) is 4.38. The van der Waals surface area contributed by atoms with Crippen LogP contribution in [-0.2, 0) is 30.5 Å². The molecule has 4 heterocycles. The van der Waals surface area contributed by atoms with Gasteiger partial charge < -0.3 is 14.9 Å². The molecule has 3 atom stereocenters. The molecule has 226 valence electrons. The van der Waals surface area contributed by atoms with E-state index in [1.165, 1.54) is 4.90 Å². The number of amides is 4. The van der Waals surface area contributed by atoms with Gasteiger partial charge in [-0.2, -0.15) is 0 Å². The third-order valence-corrected chi connectivity index (χ3v) is 10.0. The summed E-state index contributed by atoms with van der Waals surface area (Å²) in [5.41, 5.74) is 7.46. The molecule has 0 saturated carbocycles. The second-order valence-corrected chi connectivity index (χ2v) is 12.4. The zero-order chi connectivity index (χ0) is 30.7. The molecule has 4 aromatic rings. The van der Waals surface area contributed by atoms with Crippen molar-refractivity contribution in [2.75, 3.05) is 16.3 Å². The van der Waals surface area contributed by atoms with Gasteiger partial charge in [0.1, 0.15) is 0 Å². The number of benzene rings is 4. The van der Waals surface area contributed by atoms with Crippen LogP contribution in [0.15, 0.2) is 97.1 Å². The second kappa shape index (κ2) is 10.8. The fraction of sp³-hybridized carbons (Fsp3) is 0.270. The average molecular weight is 599 g/mol. The van der Waals surface area contributed by atoms with E-state index in [0.29, 0.717) is 12.8 Å². The van der Waals surface area contributed by atoms with Crippen LogP contribution in [0.4, 0.5) is 32.3 Å². The monoisotopic (exact) mass is 598 g/mol. The summed E-state index contributed by atoms with van der Waals surface area (Å²) in [6.45, 7) is 0.149. The van der Waals surface area contributed by atoms with E-state index in [0.717, 1.165) is 70.7 Å². The van der Waals surface area contributed by atoms with Crippen molar-refractivity contribution in [1.82, 2.24) is 9.80 Å². The predicted octanol–water partition coefficient (Wildman–Crippen LogP) is 6.70. The number of likely N-dealkylation sites (tertiary alicyclic amines) is 1. The maximum atomic E-state index is 14.8. The summed E-state index contributed by atoms with van der Waals surface area (Å²) in [6, 6.07) is 28.9. The third-order valence-electron chi connectivity index (χ3n) is 10.0. The van der Waals surface area contributed by atoms with E-state index < -0.39 is 18.1 Å². The van der Waals surface area contributed by atoms with E-state index in [2.05, 4.69) is 12.1 Å². The van der Waals surface area contributed by atoms with Gasteiger partial charge in [0.15, 0.2) is 6.04 Å². The number of rotatable bonds is 1. The Bertz CT molecular complexity index is 1740. The van der Waals surface area contributed by atoms with Gasteiger partial charge in [0, 0.05) is 6.54 Å². The van der Waals surface area contributed by atoms with Gasteiger partial charge in [-0.1, -0.05) is 72.8 Å². The SMILES string of the molecule is O=C(O)[C@@H]1[C@H]2CC[C@@H](CN1C(=O)N1c3ccccc3CCc3ccccc31)N2C(=O)N1c2ccccc2CCc2ccccc21. The summed E-state index contributed by atoms with van der Waals surface area (Å²) in [5.74, 6) is -1.10. The normalized spacial score (nSPS) is 21.6. The van der Waals surface area contributed by atoms with Gasteiger partial charge in [0.05, 0.1) is 34.8 Å². The number of para-hydroxylation sites is 4. The number of carbonyl (C=O) groups is 3. The van der Waals surface area contributed by atoms with E-state index in [9.17, 15) is 19.5 Å². The van der Waals surface area contributed by atoms with Gasteiger partial charge in [0.25, 0.3) is 0 Å². The Morgan fingerprint density at radius 3 is 1.38 bits per heavy atom. The lowest BCUT2D eigenvalue weighted by Crippen LogP contribution is -2.67. The Morgan fingerprint density at radius 2 is 0.956 bits per heavy atom. The number of carbonyl (C=O) groups excluding carboxylic acids is 2. The van der Waals surface area contributed by atoms with Gasteiger partial charge in [-0.3, -0.25) is 9.80 Å². The molecule has 8 nitrogen and oxygen atoms in total. The maximum Gasteiger partial charge on any atom is 0.330 e. The number of nitrogens with zero attached hydrogens (tertiary/aromatic N) is 4. The van der Waals surface area contributed by atoms with E-state index in [-0.39, 0.29) is 24.6 Å². The first kappa shape index (κ1) is 27.4. The number of aryl methyl sites for hydroxylation is 4. The fourth-order valence-electron chi connectivity index (χ4n) is 7.96. The number of hydrogen-bond donors (Lipinski definition) is 1. The predicted molar refractivity (Wildman–Crippen MR) is 172 cm³/mol. The molecule has 2 fully saturated rings. The number of fused-ring (bicyclic) bond motifs is 6. The highest BCUT2D eigenvalue weighted by Crippen LogP contribution is 2.43. The number of urea groups is 2. The van der Waals surface area contributed by atoms with Crippen molar-refractivity contribution in [3.8, 4) is 0 Å². The highest BCUT2D eigenvalue weighted by Gasteiger charge is 2.55. The number of anilines is 4. The fourth-order valence-corrected chi connectivity index (χ4v) is 7.96. The first-order chi connectivity index (χ1) is 22.0. The Kier molecular flexibility index (Phi) is 6.59. The summed E-state index contributed by atoms with van der Waals surface area (Å²) >= 11 is 0. The molecule has 8 rings (SSSR count). The molecule has 0 radical (unpaired) electrons. The second-order valence-electron chi connectivity index (χ2n) is 12.4. The molecule has 1 N–H and O–H groups in total. The molecular formula is C37H34N4O4. The van der Waals surface area contributed by atoms with Gasteiger partial charge in [-0.25, -0.2) is 14.4 Å². The zero-order valence-corrected chi connectivity index (χ0v) is 24.9. The number of carboxylic acids is 1. The minimum absolute atomic E-state index is 0.149. The molecule has 4 aliphatic heterocycles. The molecule has 0 aliphatic carbocycles. The topological polar surface area (TPSA) is 84.4 Å². The van der Waals surface area contributed by atoms with Crippen molar-refractivity contribution in [3.63, 3.8) is 0 Å². The highest BCUT2D eigenvalue weighted by atomic mass is 16.4. The molecule has 4 amide bonds. The summed E-state index contributed by atoms with van der Waals surface area (Å²) in [6.07, 6.45) is 4.33. The van der Waals surface area contributed by atoms with Crippen LogP contribution in [0.3, 0.4) is 0 Å². The van der Waals surface area contributed by atoms with Crippen molar-refractivity contribution in [2.24, 2.45) is 0 Å². The molecule has 45 heavy (non-hydrogen) atoms. The van der Waals surface area contributed by atoms with Crippen LogP contribution in [0.5, 0.6) is 0 Å². The minimum Gasteiger partial charge on any atom is -0.480 e. The van der Waals surface area contributed by atoms with Crippen molar-refractivity contribution >= 4 is 40.8 Å². The molecule has 0 aromatic heterocycles. The minimum atomic E-state index is -1.18. The maximum absolute atomic E-state index is 14.8. The lowest BCUT2D eigenvalue weighted by molar-refractivity contribution is -0.145. The molecule has 4 aromatic carbocycles. The Balaban J connectivity index is 1.18. The number of piperazine rings is 1. The number of carboxylic acid groups (broad SMARTS) is 1. The van der Waals surface area contributed by atoms with Crippen LogP contribution in [0.2, 0.25) is 0 Å². The Labute approximate surface area is 262 Å². The van der Waals surface area contributed by atoms with Crippen LogP contribution in [0, 0.1) is 0 Å². The number of aliphatic carboxylic acids is 1.